The van der Waals surface area contributed by atoms with Crippen molar-refractivity contribution >= 4 is 114 Å². The van der Waals surface area contributed by atoms with Gasteiger partial charge in [0.25, 0.3) is 0 Å². The summed E-state index contributed by atoms with van der Waals surface area (Å²) in [5.41, 5.74) is 38.1. The van der Waals surface area contributed by atoms with Crippen molar-refractivity contribution in [3.05, 3.63) is 0 Å². The van der Waals surface area contributed by atoms with E-state index in [2.05, 4.69) is 52.5 Å². The van der Waals surface area contributed by atoms with E-state index in [1.165, 1.54) is 50.1 Å². The molecule has 2 fully saturated rings. The zero-order chi connectivity index (χ0) is 51.1. The number of rotatable bonds is 25. The van der Waals surface area contributed by atoms with Crippen LogP contribution < -0.4 is 82.7 Å². The van der Waals surface area contributed by atoms with Crippen molar-refractivity contribution in [2.24, 2.45) is 56.0 Å². The van der Waals surface area contributed by atoms with Gasteiger partial charge < -0.3 is 82.7 Å². The summed E-state index contributed by atoms with van der Waals surface area (Å²) in [5, 5.41) is 20.7. The molecule has 0 aromatic carbocycles. The highest BCUT2D eigenvalue weighted by Crippen LogP contribution is 2.26. The quantitative estimate of drug-likeness (QED) is 0.0175. The molecule has 0 bridgehead atoms. The Morgan fingerprint density at radius 2 is 1.10 bits per heavy atom. The maximum atomic E-state index is 14.0. The van der Waals surface area contributed by atoms with E-state index < -0.39 is 126 Å². The van der Waals surface area contributed by atoms with E-state index in [1.54, 1.807) is 13.8 Å². The van der Waals surface area contributed by atoms with E-state index in [1.807, 2.05) is 0 Å². The topological polar surface area (TPSA) is 474 Å². The van der Waals surface area contributed by atoms with Gasteiger partial charge in [-0.2, -0.15) is 0 Å². The minimum absolute atomic E-state index is 0.0489. The van der Waals surface area contributed by atoms with Crippen LogP contribution in [0.15, 0.2) is 9.98 Å². The van der Waals surface area contributed by atoms with Crippen LogP contribution in [0.1, 0.15) is 59.3 Å². The molecular weight excluding hydrogens is 971 g/mol. The summed E-state index contributed by atoms with van der Waals surface area (Å²) in [4.78, 5) is 139. The monoisotopic (exact) mass is 1040 g/mol. The van der Waals surface area contributed by atoms with E-state index in [0.717, 1.165) is 0 Å². The van der Waals surface area contributed by atoms with Crippen molar-refractivity contribution in [3.63, 3.8) is 0 Å². The Hall–Kier alpha value is -5.40. The molecule has 2 saturated heterocycles. The van der Waals surface area contributed by atoms with E-state index >= 15 is 0 Å². The van der Waals surface area contributed by atoms with Gasteiger partial charge in [-0.05, 0) is 38.5 Å². The average molecular weight is 1040 g/mol. The van der Waals surface area contributed by atoms with Gasteiger partial charge in [-0.25, -0.2) is 0 Å². The highest BCUT2D eigenvalue weighted by atomic mass is 33.1. The van der Waals surface area contributed by atoms with Crippen LogP contribution in [0.2, 0.25) is 0 Å². The maximum absolute atomic E-state index is 14.0. The molecule has 0 spiro atoms. The molecule has 22 N–H and O–H groups in total. The molecule has 382 valence electrons. The molecule has 31 heteroatoms. The van der Waals surface area contributed by atoms with Crippen LogP contribution >= 0.6 is 43.2 Å². The van der Waals surface area contributed by atoms with Crippen LogP contribution in [-0.4, -0.2) is 161 Å². The molecule has 2 heterocycles. The van der Waals surface area contributed by atoms with Crippen molar-refractivity contribution < 1.29 is 47.9 Å². The van der Waals surface area contributed by atoms with Gasteiger partial charge >= 0.3 is 0 Å². The zero-order valence-electron chi connectivity index (χ0n) is 37.9. The lowest BCUT2D eigenvalue weighted by Gasteiger charge is -2.29. The Balaban J connectivity index is 2.28. The third-order valence-corrected chi connectivity index (χ3v) is 15.0. The summed E-state index contributed by atoms with van der Waals surface area (Å²) in [6, 6.07) is -10.8. The molecule has 0 aromatic rings. The number of hydrogen-bond donors (Lipinski definition) is 15. The molecule has 0 saturated carbocycles. The number of carbonyl (C=O) groups is 10. The molecule has 27 nitrogen and oxygen atoms in total. The van der Waals surface area contributed by atoms with Crippen LogP contribution in [0.25, 0.3) is 0 Å². The molecule has 0 aromatic heterocycles. The molecule has 10 amide bonds. The van der Waals surface area contributed by atoms with E-state index in [0.29, 0.717) is 6.42 Å². The number of nitrogens with zero attached hydrogens (tertiary/aromatic N) is 2. The van der Waals surface area contributed by atoms with E-state index in [9.17, 15) is 47.9 Å². The number of nitrogens with two attached hydrogens (primary N) is 7. The van der Waals surface area contributed by atoms with Crippen LogP contribution in [0.3, 0.4) is 0 Å². The normalized spacial score (nSPS) is 21.1. The average Bonchev–Trinajstić information content (AvgIpc) is 3.25. The third kappa shape index (κ3) is 21.3. The van der Waals surface area contributed by atoms with Crippen LogP contribution in [0, 0.1) is 5.92 Å². The maximum Gasteiger partial charge on any atom is 0.244 e. The molecule has 0 radical (unpaired) electrons. The molecule has 2 aliphatic rings. The van der Waals surface area contributed by atoms with Crippen molar-refractivity contribution in [1.82, 2.24) is 42.5 Å². The van der Waals surface area contributed by atoms with Gasteiger partial charge in [-0.1, -0.05) is 63.4 Å². The van der Waals surface area contributed by atoms with E-state index in [4.69, 9.17) is 40.1 Å². The van der Waals surface area contributed by atoms with Crippen LogP contribution in [0.4, 0.5) is 0 Å². The van der Waals surface area contributed by atoms with Gasteiger partial charge in [-0.15, -0.1) is 0 Å². The summed E-state index contributed by atoms with van der Waals surface area (Å²) in [7, 11) is 4.95. The molecule has 68 heavy (non-hydrogen) atoms. The first-order valence-corrected chi connectivity index (χ1v) is 26.4. The Morgan fingerprint density at radius 3 is 1.60 bits per heavy atom. The molecule has 10 atom stereocenters. The number of carbonyl (C=O) groups excluding carboxylic acids is 10. The first-order chi connectivity index (χ1) is 32.0. The lowest BCUT2D eigenvalue weighted by molar-refractivity contribution is -0.136. The summed E-state index contributed by atoms with van der Waals surface area (Å²) in [6.45, 7) is 4.96. The van der Waals surface area contributed by atoms with Crippen molar-refractivity contribution in [1.29, 1.82) is 0 Å². The lowest BCUT2D eigenvalue weighted by atomic mass is 9.97. The van der Waals surface area contributed by atoms with Gasteiger partial charge in [-0.3, -0.25) is 57.9 Å². The molecule has 0 unspecified atom stereocenters. The second kappa shape index (κ2) is 30.2. The largest absolute Gasteiger partial charge is 0.370 e. The lowest BCUT2D eigenvalue weighted by Crippen LogP contribution is -2.61. The number of nitrogens with one attached hydrogen (secondary N) is 8. The minimum Gasteiger partial charge on any atom is -0.370 e. The fraction of sp³-hybridized carbons (Fsp3) is 0.676. The highest BCUT2D eigenvalue weighted by Gasteiger charge is 2.36. The van der Waals surface area contributed by atoms with Crippen LogP contribution in [-0.2, 0) is 47.9 Å². The summed E-state index contributed by atoms with van der Waals surface area (Å²) in [5.74, 6) is -7.96. The highest BCUT2D eigenvalue weighted by molar-refractivity contribution is 8.77. The number of amides is 10. The Bertz CT molecular complexity index is 1880. The zero-order valence-corrected chi connectivity index (χ0v) is 41.2. The third-order valence-electron chi connectivity index (χ3n) is 10.1. The molecule has 2 rings (SSSR count). The number of aliphatic imine (C=N–C) groups is 2. The minimum atomic E-state index is -1.34. The first kappa shape index (κ1) is 58.7. The molecule has 2 aliphatic heterocycles. The summed E-state index contributed by atoms with van der Waals surface area (Å²) in [6.07, 6.45) is 0.175. The van der Waals surface area contributed by atoms with Gasteiger partial charge in [0.15, 0.2) is 11.9 Å². The van der Waals surface area contributed by atoms with Gasteiger partial charge in [0.05, 0.1) is 12.5 Å². The number of primary amides is 2. The second-order valence-electron chi connectivity index (χ2n) is 15.7. The fourth-order valence-corrected chi connectivity index (χ4v) is 10.7. The second-order valence-corrected chi connectivity index (χ2v) is 20.8. The molecule has 0 aliphatic carbocycles. The SMILES string of the molecule is CC[C@H](C)[C@H](NC(=O)[C@H](C)NC(=O)[C@H](CCCN=C(N)N)NC(=O)[C@H](CCCN=C(N)N)NC(=O)[C@@H]1CSSC[C@H](NC(=O)[C@@H](N)CC(N)=O)C(=O)N1)C(=O)N[C@H]1CSSC[C@@H](C(N)=O)NC1=O. The van der Waals surface area contributed by atoms with E-state index in [-0.39, 0.29) is 73.7 Å². The summed E-state index contributed by atoms with van der Waals surface area (Å²) < 4.78 is 0. The van der Waals surface area contributed by atoms with Gasteiger partial charge in [0.1, 0.15) is 48.3 Å². The van der Waals surface area contributed by atoms with Gasteiger partial charge in [0, 0.05) is 36.1 Å². The predicted octanol–water partition coefficient (Wildman–Crippen LogP) is -6.48. The van der Waals surface area contributed by atoms with Gasteiger partial charge in [0.2, 0.25) is 59.1 Å². The Labute approximate surface area is 408 Å². The van der Waals surface area contributed by atoms with Crippen molar-refractivity contribution in [2.45, 2.75) is 114 Å². The Morgan fingerprint density at radius 1 is 0.632 bits per heavy atom. The van der Waals surface area contributed by atoms with Crippen molar-refractivity contribution in [2.75, 3.05) is 36.1 Å². The summed E-state index contributed by atoms with van der Waals surface area (Å²) >= 11 is 0. The fourth-order valence-electron chi connectivity index (χ4n) is 6.05. The molecular formula is C37H65N17O10S4. The number of guanidine groups is 2. The smallest absolute Gasteiger partial charge is 0.244 e. The number of hydrogen-bond acceptors (Lipinski definition) is 17. The van der Waals surface area contributed by atoms with Crippen LogP contribution in [0.5, 0.6) is 0 Å². The first-order valence-electron chi connectivity index (χ1n) is 21.4. The Kier molecular flexibility index (Phi) is 26.0. The predicted molar refractivity (Wildman–Crippen MR) is 261 cm³/mol. The van der Waals surface area contributed by atoms with Crippen molar-refractivity contribution in [3.8, 4) is 0 Å². The standard InChI is InChI=1S/C37H65N17O10S4/c1-4-16(2)26(35(64)53-24-15-66-65-12-21(27(40)56)50-33(24)62)54-28(57)17(3)47-30(59)19(7-5-9-45-36(41)42)48-31(60)20(8-6-10-46-37(43)44)49-32(61)23-14-68-67-13-22(34(63)52-23)51-29(58)18(38)11-25(39)55/h16-24,26H,4-15,38H2,1-3H3,(H2,39,55)(H2,40,56)(H,47,59)(H,48,60)(H,49,61)(H,50,62)(H,51,58)(H,52,63)(H,53,64)(H,54,57)(H4,41,42,45)(H4,43,44,46)/t16-,17-,18-,19-,20-,21-,22-,23-,24-,26-/m0/s1.